The average molecular weight is 288 g/mol. The van der Waals surface area contributed by atoms with Gasteiger partial charge >= 0.3 is 0 Å². The van der Waals surface area contributed by atoms with E-state index in [0.29, 0.717) is 5.56 Å². The third-order valence-corrected chi connectivity index (χ3v) is 3.70. The van der Waals surface area contributed by atoms with Gasteiger partial charge in [0.15, 0.2) is 0 Å². The zero-order chi connectivity index (χ0) is 15.4. The van der Waals surface area contributed by atoms with Crippen LogP contribution in [0.25, 0.3) is 0 Å². The van der Waals surface area contributed by atoms with Crippen molar-refractivity contribution < 1.29 is 14.4 Å². The zero-order valence-corrected chi connectivity index (χ0v) is 12.4. The first-order valence-electron chi connectivity index (χ1n) is 7.26. The summed E-state index contributed by atoms with van der Waals surface area (Å²) in [5.41, 5.74) is 1.69. The van der Waals surface area contributed by atoms with Gasteiger partial charge in [-0.05, 0) is 37.5 Å². The third-order valence-electron chi connectivity index (χ3n) is 3.70. The molecule has 0 radical (unpaired) electrons. The summed E-state index contributed by atoms with van der Waals surface area (Å²) in [5.74, 6) is -1.15. The van der Waals surface area contributed by atoms with Crippen LogP contribution in [0.1, 0.15) is 42.6 Å². The van der Waals surface area contributed by atoms with Gasteiger partial charge in [-0.1, -0.05) is 25.5 Å². The first-order chi connectivity index (χ1) is 10.0. The highest BCUT2D eigenvalue weighted by Gasteiger charge is 2.33. The van der Waals surface area contributed by atoms with Crippen LogP contribution >= 0.6 is 0 Å². The number of carbonyl (C=O) groups excluding carboxylic acids is 3. The SMILES string of the molecule is CCCCc1ccc(C(=O)N2CC(=O)NC(=O)C2C)cc1. The Balaban J connectivity index is 2.11. The van der Waals surface area contributed by atoms with Crippen LogP contribution in [0, 0.1) is 0 Å². The van der Waals surface area contributed by atoms with Crippen LogP contribution in [0.15, 0.2) is 24.3 Å². The summed E-state index contributed by atoms with van der Waals surface area (Å²) in [6.45, 7) is 3.68. The summed E-state index contributed by atoms with van der Waals surface area (Å²) < 4.78 is 0. The van der Waals surface area contributed by atoms with Gasteiger partial charge in [0, 0.05) is 5.56 Å². The molecule has 0 aliphatic carbocycles. The molecule has 1 aromatic carbocycles. The molecular weight excluding hydrogens is 268 g/mol. The topological polar surface area (TPSA) is 66.5 Å². The fourth-order valence-electron chi connectivity index (χ4n) is 2.32. The average Bonchev–Trinajstić information content (AvgIpc) is 2.48. The molecule has 1 heterocycles. The fraction of sp³-hybridized carbons (Fsp3) is 0.438. The summed E-state index contributed by atoms with van der Waals surface area (Å²) in [6.07, 6.45) is 3.24. The highest BCUT2D eigenvalue weighted by Crippen LogP contribution is 2.13. The minimum absolute atomic E-state index is 0.0800. The highest BCUT2D eigenvalue weighted by molar-refractivity contribution is 6.07. The number of nitrogens with zero attached hydrogens (tertiary/aromatic N) is 1. The van der Waals surface area contributed by atoms with Gasteiger partial charge in [-0.3, -0.25) is 19.7 Å². The molecule has 1 saturated heterocycles. The molecule has 3 amide bonds. The Morgan fingerprint density at radius 1 is 1.29 bits per heavy atom. The van der Waals surface area contributed by atoms with Crippen molar-refractivity contribution in [3.63, 3.8) is 0 Å². The molecule has 112 valence electrons. The van der Waals surface area contributed by atoms with Gasteiger partial charge in [-0.25, -0.2) is 0 Å². The van der Waals surface area contributed by atoms with Crippen LogP contribution in [-0.2, 0) is 16.0 Å². The number of nitrogens with one attached hydrogen (secondary N) is 1. The first kappa shape index (κ1) is 15.2. The summed E-state index contributed by atoms with van der Waals surface area (Å²) in [4.78, 5) is 36.7. The van der Waals surface area contributed by atoms with Crippen LogP contribution < -0.4 is 5.32 Å². The maximum atomic E-state index is 12.4. The second-order valence-electron chi connectivity index (χ2n) is 5.32. The Morgan fingerprint density at radius 2 is 1.95 bits per heavy atom. The third kappa shape index (κ3) is 3.48. The van der Waals surface area contributed by atoms with Crippen molar-refractivity contribution in [3.8, 4) is 0 Å². The largest absolute Gasteiger partial charge is 0.318 e. The van der Waals surface area contributed by atoms with Crippen LogP contribution in [0.5, 0.6) is 0 Å². The maximum absolute atomic E-state index is 12.4. The molecule has 1 aliphatic rings. The van der Waals surface area contributed by atoms with Crippen LogP contribution in [0.3, 0.4) is 0 Å². The number of unbranched alkanes of at least 4 members (excludes halogenated alkanes) is 1. The molecule has 21 heavy (non-hydrogen) atoms. The summed E-state index contributed by atoms with van der Waals surface area (Å²) >= 11 is 0. The van der Waals surface area contributed by atoms with E-state index in [-0.39, 0.29) is 12.5 Å². The number of amides is 3. The van der Waals surface area contributed by atoms with E-state index in [1.807, 2.05) is 12.1 Å². The number of rotatable bonds is 4. The van der Waals surface area contributed by atoms with Crippen molar-refractivity contribution >= 4 is 17.7 Å². The number of piperazine rings is 1. The molecule has 0 aromatic heterocycles. The summed E-state index contributed by atoms with van der Waals surface area (Å²) in [7, 11) is 0. The molecule has 5 nitrogen and oxygen atoms in total. The van der Waals surface area contributed by atoms with Gasteiger partial charge < -0.3 is 4.90 Å². The Bertz CT molecular complexity index is 551. The van der Waals surface area contributed by atoms with Crippen molar-refractivity contribution in [1.29, 1.82) is 0 Å². The highest BCUT2D eigenvalue weighted by atomic mass is 16.2. The lowest BCUT2D eigenvalue weighted by Gasteiger charge is -2.31. The molecule has 1 aromatic rings. The monoisotopic (exact) mass is 288 g/mol. The molecule has 0 saturated carbocycles. The standard InChI is InChI=1S/C16H20N2O3/c1-3-4-5-12-6-8-13(9-7-12)16(21)18-10-14(19)17-15(20)11(18)2/h6-9,11H,3-5,10H2,1-2H3,(H,17,19,20). The van der Waals surface area contributed by atoms with Crippen molar-refractivity contribution in [2.45, 2.75) is 39.2 Å². The van der Waals surface area contributed by atoms with Crippen LogP contribution in [-0.4, -0.2) is 35.2 Å². The smallest absolute Gasteiger partial charge is 0.254 e. The van der Waals surface area contributed by atoms with E-state index in [1.54, 1.807) is 19.1 Å². The Morgan fingerprint density at radius 3 is 2.57 bits per heavy atom. The normalized spacial score (nSPS) is 18.6. The van der Waals surface area contributed by atoms with E-state index in [9.17, 15) is 14.4 Å². The van der Waals surface area contributed by atoms with Crippen LogP contribution in [0.4, 0.5) is 0 Å². The number of benzene rings is 1. The van der Waals surface area contributed by atoms with Crippen LogP contribution in [0.2, 0.25) is 0 Å². The van der Waals surface area contributed by atoms with Gasteiger partial charge in [0.05, 0.1) is 0 Å². The Hall–Kier alpha value is -2.17. The zero-order valence-electron chi connectivity index (χ0n) is 12.4. The molecule has 5 heteroatoms. The number of hydrogen-bond acceptors (Lipinski definition) is 3. The number of aryl methyl sites for hydroxylation is 1. The predicted octanol–water partition coefficient (Wildman–Crippen LogP) is 1.52. The molecule has 2 rings (SSSR count). The van der Waals surface area contributed by atoms with Gasteiger partial charge in [-0.15, -0.1) is 0 Å². The van der Waals surface area contributed by atoms with E-state index >= 15 is 0 Å². The maximum Gasteiger partial charge on any atom is 0.254 e. The summed E-state index contributed by atoms with van der Waals surface area (Å²) in [6, 6.07) is 6.75. The number of imide groups is 1. The lowest BCUT2D eigenvalue weighted by atomic mass is 10.0. The van der Waals surface area contributed by atoms with E-state index in [0.717, 1.165) is 19.3 Å². The van der Waals surface area contributed by atoms with E-state index in [4.69, 9.17) is 0 Å². The second-order valence-corrected chi connectivity index (χ2v) is 5.32. The van der Waals surface area contributed by atoms with E-state index in [1.165, 1.54) is 10.5 Å². The molecule has 0 bridgehead atoms. The van der Waals surface area contributed by atoms with E-state index in [2.05, 4.69) is 12.2 Å². The second kappa shape index (κ2) is 6.52. The lowest BCUT2D eigenvalue weighted by Crippen LogP contribution is -2.58. The van der Waals surface area contributed by atoms with Crippen molar-refractivity contribution in [1.82, 2.24) is 10.2 Å². The first-order valence-corrected chi connectivity index (χ1v) is 7.26. The summed E-state index contributed by atoms with van der Waals surface area (Å²) in [5, 5.41) is 2.23. The molecule has 1 fully saturated rings. The van der Waals surface area contributed by atoms with Gasteiger partial charge in [0.25, 0.3) is 5.91 Å². The van der Waals surface area contributed by atoms with Gasteiger partial charge in [-0.2, -0.15) is 0 Å². The predicted molar refractivity (Wildman–Crippen MR) is 78.7 cm³/mol. The minimum atomic E-state index is -0.630. The molecule has 1 atom stereocenters. The van der Waals surface area contributed by atoms with Gasteiger partial charge in [0.1, 0.15) is 12.6 Å². The Labute approximate surface area is 124 Å². The molecule has 1 unspecified atom stereocenters. The van der Waals surface area contributed by atoms with Crippen molar-refractivity contribution in [3.05, 3.63) is 35.4 Å². The van der Waals surface area contributed by atoms with Crippen molar-refractivity contribution in [2.24, 2.45) is 0 Å². The van der Waals surface area contributed by atoms with Gasteiger partial charge in [0.2, 0.25) is 11.8 Å². The fourth-order valence-corrected chi connectivity index (χ4v) is 2.32. The number of carbonyl (C=O) groups is 3. The lowest BCUT2D eigenvalue weighted by molar-refractivity contribution is -0.138. The Kier molecular flexibility index (Phi) is 4.73. The molecular formula is C16H20N2O3. The van der Waals surface area contributed by atoms with E-state index < -0.39 is 17.9 Å². The molecule has 0 spiro atoms. The minimum Gasteiger partial charge on any atom is -0.318 e. The number of hydrogen-bond donors (Lipinski definition) is 1. The molecule has 1 aliphatic heterocycles. The quantitative estimate of drug-likeness (QED) is 0.854. The van der Waals surface area contributed by atoms with Crippen molar-refractivity contribution in [2.75, 3.05) is 6.54 Å². The molecule has 1 N–H and O–H groups in total.